The van der Waals surface area contributed by atoms with Crippen LogP contribution in [0, 0.1) is 13.8 Å². The first-order chi connectivity index (χ1) is 10.2. The van der Waals surface area contributed by atoms with E-state index in [1.54, 1.807) is 0 Å². The van der Waals surface area contributed by atoms with Gasteiger partial charge >= 0.3 is 0 Å². The Labute approximate surface area is 126 Å². The van der Waals surface area contributed by atoms with Gasteiger partial charge in [-0.3, -0.25) is 4.79 Å². The molecule has 0 aromatic heterocycles. The Bertz CT molecular complexity index is 519. The van der Waals surface area contributed by atoms with Gasteiger partial charge in [-0.2, -0.15) is 0 Å². The summed E-state index contributed by atoms with van der Waals surface area (Å²) in [4.78, 5) is 14.9. The van der Waals surface area contributed by atoms with Gasteiger partial charge in [0.15, 0.2) is 0 Å². The number of nitrogens with zero attached hydrogens (tertiary/aromatic N) is 1. The molecule has 1 aliphatic carbocycles. The van der Waals surface area contributed by atoms with E-state index in [-0.39, 0.29) is 11.9 Å². The zero-order valence-electron chi connectivity index (χ0n) is 13.0. The Hall–Kier alpha value is -1.39. The summed E-state index contributed by atoms with van der Waals surface area (Å²) in [5.74, 6) is 0.255. The highest BCUT2D eigenvalue weighted by Gasteiger charge is 2.36. The second-order valence-corrected chi connectivity index (χ2v) is 6.27. The lowest BCUT2D eigenvalue weighted by molar-refractivity contribution is -0.134. The molecule has 1 aromatic rings. The molecule has 0 spiro atoms. The Kier molecular flexibility index (Phi) is 4.27. The molecule has 1 saturated heterocycles. The van der Waals surface area contributed by atoms with Crippen LogP contribution in [-0.4, -0.2) is 42.5 Å². The maximum absolute atomic E-state index is 12.8. The van der Waals surface area contributed by atoms with Crippen LogP contribution in [0.15, 0.2) is 18.2 Å². The lowest BCUT2D eigenvalue weighted by atomic mass is 10.0. The molecule has 2 aliphatic rings. The average Bonchev–Trinajstić information content (AvgIpc) is 3.34. The standard InChI is InChI=1S/C17H25N3O/c1-12-4-3-5-14(13(12)2)11-20(15-6-7-15)17(21)16-10-18-8-9-19-16/h3-5,15-16,18-19H,6-11H2,1-2H3. The molecule has 114 valence electrons. The quantitative estimate of drug-likeness (QED) is 0.879. The van der Waals surface area contributed by atoms with E-state index in [1.165, 1.54) is 16.7 Å². The summed E-state index contributed by atoms with van der Waals surface area (Å²) in [5.41, 5.74) is 3.89. The molecule has 1 heterocycles. The van der Waals surface area contributed by atoms with E-state index in [2.05, 4.69) is 47.6 Å². The molecule has 21 heavy (non-hydrogen) atoms. The summed E-state index contributed by atoms with van der Waals surface area (Å²) >= 11 is 0. The minimum atomic E-state index is -0.0653. The van der Waals surface area contributed by atoms with Crippen molar-refractivity contribution >= 4 is 5.91 Å². The highest BCUT2D eigenvalue weighted by Crippen LogP contribution is 2.30. The second kappa shape index (κ2) is 6.16. The molecule has 4 heteroatoms. The summed E-state index contributed by atoms with van der Waals surface area (Å²) < 4.78 is 0. The Morgan fingerprint density at radius 3 is 2.76 bits per heavy atom. The molecular weight excluding hydrogens is 262 g/mol. The minimum Gasteiger partial charge on any atom is -0.334 e. The van der Waals surface area contributed by atoms with E-state index in [1.807, 2.05) is 0 Å². The third-order valence-electron chi connectivity index (χ3n) is 4.67. The summed E-state index contributed by atoms with van der Waals surface area (Å²) in [6.45, 7) is 7.60. The summed E-state index contributed by atoms with van der Waals surface area (Å²) in [6, 6.07) is 6.76. The van der Waals surface area contributed by atoms with E-state index in [4.69, 9.17) is 0 Å². The van der Waals surface area contributed by atoms with Gasteiger partial charge in [0, 0.05) is 32.2 Å². The summed E-state index contributed by atoms with van der Waals surface area (Å²) in [7, 11) is 0. The minimum absolute atomic E-state index is 0.0653. The predicted molar refractivity (Wildman–Crippen MR) is 84.1 cm³/mol. The van der Waals surface area contributed by atoms with Crippen molar-refractivity contribution in [2.75, 3.05) is 19.6 Å². The van der Waals surface area contributed by atoms with Crippen molar-refractivity contribution < 1.29 is 4.79 Å². The van der Waals surface area contributed by atoms with Crippen molar-refractivity contribution in [1.29, 1.82) is 0 Å². The van der Waals surface area contributed by atoms with Crippen LogP contribution in [0.4, 0.5) is 0 Å². The molecule has 1 aromatic carbocycles. The van der Waals surface area contributed by atoms with Crippen LogP contribution in [0.3, 0.4) is 0 Å². The van der Waals surface area contributed by atoms with Gasteiger partial charge in [0.05, 0.1) is 6.04 Å². The number of benzene rings is 1. The Balaban J connectivity index is 1.75. The molecule has 1 saturated carbocycles. The van der Waals surface area contributed by atoms with Gasteiger partial charge in [-0.05, 0) is 43.4 Å². The monoisotopic (exact) mass is 287 g/mol. The molecule has 1 aliphatic heterocycles. The summed E-state index contributed by atoms with van der Waals surface area (Å²) in [5, 5.41) is 6.64. The van der Waals surface area contributed by atoms with Crippen LogP contribution >= 0.6 is 0 Å². The Morgan fingerprint density at radius 1 is 1.29 bits per heavy atom. The fourth-order valence-electron chi connectivity index (χ4n) is 2.97. The van der Waals surface area contributed by atoms with E-state index in [9.17, 15) is 4.79 Å². The number of piperazine rings is 1. The highest BCUT2D eigenvalue weighted by atomic mass is 16.2. The number of amides is 1. The fourth-order valence-corrected chi connectivity index (χ4v) is 2.97. The molecule has 3 rings (SSSR count). The van der Waals surface area contributed by atoms with Gasteiger partial charge in [0.1, 0.15) is 0 Å². The first-order valence-corrected chi connectivity index (χ1v) is 7.96. The molecule has 0 bridgehead atoms. The van der Waals surface area contributed by atoms with Crippen molar-refractivity contribution in [1.82, 2.24) is 15.5 Å². The predicted octanol–water partition coefficient (Wildman–Crippen LogP) is 1.36. The molecule has 4 nitrogen and oxygen atoms in total. The number of aryl methyl sites for hydroxylation is 1. The van der Waals surface area contributed by atoms with Gasteiger partial charge in [-0.25, -0.2) is 0 Å². The molecule has 0 radical (unpaired) electrons. The zero-order valence-corrected chi connectivity index (χ0v) is 13.0. The van der Waals surface area contributed by atoms with Crippen molar-refractivity contribution in [3.63, 3.8) is 0 Å². The first-order valence-electron chi connectivity index (χ1n) is 7.96. The summed E-state index contributed by atoms with van der Waals surface area (Å²) in [6.07, 6.45) is 2.30. The molecule has 2 N–H and O–H groups in total. The van der Waals surface area contributed by atoms with Gasteiger partial charge in [0.2, 0.25) is 5.91 Å². The fraction of sp³-hybridized carbons (Fsp3) is 0.588. The molecular formula is C17H25N3O. The van der Waals surface area contributed by atoms with Crippen molar-refractivity contribution in [2.24, 2.45) is 0 Å². The van der Waals surface area contributed by atoms with E-state index < -0.39 is 0 Å². The number of hydrogen-bond acceptors (Lipinski definition) is 3. The van der Waals surface area contributed by atoms with Gasteiger partial charge in [-0.1, -0.05) is 18.2 Å². The van der Waals surface area contributed by atoms with Crippen LogP contribution < -0.4 is 10.6 Å². The number of nitrogens with one attached hydrogen (secondary N) is 2. The third-order valence-corrected chi connectivity index (χ3v) is 4.67. The van der Waals surface area contributed by atoms with Crippen molar-refractivity contribution in [3.8, 4) is 0 Å². The van der Waals surface area contributed by atoms with Crippen LogP contribution in [0.5, 0.6) is 0 Å². The van der Waals surface area contributed by atoms with E-state index in [0.29, 0.717) is 6.04 Å². The van der Waals surface area contributed by atoms with Crippen LogP contribution in [-0.2, 0) is 11.3 Å². The number of carbonyl (C=O) groups excluding carboxylic acids is 1. The SMILES string of the molecule is Cc1cccc(CN(C(=O)C2CNCCN2)C2CC2)c1C. The van der Waals surface area contributed by atoms with Crippen LogP contribution in [0.25, 0.3) is 0 Å². The normalized spacial score (nSPS) is 22.1. The number of hydrogen-bond donors (Lipinski definition) is 2. The second-order valence-electron chi connectivity index (χ2n) is 6.27. The number of carbonyl (C=O) groups is 1. The van der Waals surface area contributed by atoms with Gasteiger partial charge in [-0.15, -0.1) is 0 Å². The smallest absolute Gasteiger partial charge is 0.241 e. The van der Waals surface area contributed by atoms with Crippen molar-refractivity contribution in [3.05, 3.63) is 34.9 Å². The lowest BCUT2D eigenvalue weighted by Crippen LogP contribution is -2.56. The molecule has 1 unspecified atom stereocenters. The average molecular weight is 287 g/mol. The largest absolute Gasteiger partial charge is 0.334 e. The topological polar surface area (TPSA) is 44.4 Å². The maximum Gasteiger partial charge on any atom is 0.241 e. The zero-order chi connectivity index (χ0) is 14.8. The van der Waals surface area contributed by atoms with Crippen LogP contribution in [0.1, 0.15) is 29.5 Å². The van der Waals surface area contributed by atoms with E-state index >= 15 is 0 Å². The Morgan fingerprint density at radius 2 is 2.10 bits per heavy atom. The molecule has 2 fully saturated rings. The van der Waals surface area contributed by atoms with Gasteiger partial charge in [0.25, 0.3) is 0 Å². The highest BCUT2D eigenvalue weighted by molar-refractivity contribution is 5.83. The molecule has 1 amide bonds. The van der Waals surface area contributed by atoms with Gasteiger partial charge < -0.3 is 15.5 Å². The number of rotatable bonds is 4. The third kappa shape index (κ3) is 3.27. The maximum atomic E-state index is 12.8. The lowest BCUT2D eigenvalue weighted by Gasteiger charge is -2.31. The van der Waals surface area contributed by atoms with E-state index in [0.717, 1.165) is 39.0 Å². The van der Waals surface area contributed by atoms with Crippen LogP contribution in [0.2, 0.25) is 0 Å². The first kappa shape index (κ1) is 14.5. The van der Waals surface area contributed by atoms with Crippen molar-refractivity contribution in [2.45, 2.75) is 45.3 Å². The molecule has 1 atom stereocenters.